The Bertz CT molecular complexity index is 230. The summed E-state index contributed by atoms with van der Waals surface area (Å²) in [5.74, 6) is 1.12. The van der Waals surface area contributed by atoms with Crippen molar-refractivity contribution in [3.63, 3.8) is 0 Å². The molecule has 62 valence electrons. The number of hydrogen-bond acceptors (Lipinski definition) is 3. The van der Waals surface area contributed by atoms with Crippen LogP contribution in [0.1, 0.15) is 31.2 Å². The van der Waals surface area contributed by atoms with Crippen LogP contribution in [-0.4, -0.2) is 11.2 Å². The number of nitrogens with two attached hydrogens (primary N) is 1. The van der Waals surface area contributed by atoms with E-state index < -0.39 is 0 Å². The second-order valence-corrected chi connectivity index (χ2v) is 3.02. The molecule has 11 heavy (non-hydrogen) atoms. The molecule has 0 saturated carbocycles. The van der Waals surface area contributed by atoms with Crippen LogP contribution in [-0.2, 0) is 0 Å². The van der Waals surface area contributed by atoms with Crippen LogP contribution < -0.4 is 5.73 Å². The van der Waals surface area contributed by atoms with Gasteiger partial charge in [-0.05, 0) is 13.8 Å². The minimum absolute atomic E-state index is 0.113. The standard InChI is InChI=1S/C8H14N2O/c1-5-4-8(11-10-5)6(2)7(3)9/h4,6-7H,9H2,1-3H3. The molecule has 0 saturated heterocycles. The van der Waals surface area contributed by atoms with Gasteiger partial charge in [0.05, 0.1) is 5.69 Å². The van der Waals surface area contributed by atoms with E-state index in [0.717, 1.165) is 11.5 Å². The van der Waals surface area contributed by atoms with Gasteiger partial charge in [-0.15, -0.1) is 0 Å². The lowest BCUT2D eigenvalue weighted by atomic mass is 10.0. The molecule has 2 N–H and O–H groups in total. The van der Waals surface area contributed by atoms with Gasteiger partial charge < -0.3 is 10.3 Å². The highest BCUT2D eigenvalue weighted by molar-refractivity contribution is 5.09. The minimum atomic E-state index is 0.113. The van der Waals surface area contributed by atoms with Crippen LogP contribution in [0.2, 0.25) is 0 Å². The van der Waals surface area contributed by atoms with E-state index in [-0.39, 0.29) is 12.0 Å². The Morgan fingerprint density at radius 2 is 2.18 bits per heavy atom. The van der Waals surface area contributed by atoms with Gasteiger partial charge in [0.15, 0.2) is 0 Å². The fourth-order valence-electron chi connectivity index (χ4n) is 0.857. The Morgan fingerprint density at radius 1 is 1.55 bits per heavy atom. The van der Waals surface area contributed by atoms with Gasteiger partial charge >= 0.3 is 0 Å². The Hall–Kier alpha value is -0.830. The van der Waals surface area contributed by atoms with E-state index >= 15 is 0 Å². The summed E-state index contributed by atoms with van der Waals surface area (Å²) in [5.41, 5.74) is 6.60. The lowest BCUT2D eigenvalue weighted by Crippen LogP contribution is -2.21. The first kappa shape index (κ1) is 8.27. The molecule has 0 aliphatic carbocycles. The fraction of sp³-hybridized carbons (Fsp3) is 0.625. The molecule has 0 bridgehead atoms. The van der Waals surface area contributed by atoms with Crippen molar-refractivity contribution in [2.75, 3.05) is 0 Å². The normalized spacial score (nSPS) is 16.4. The predicted molar refractivity (Wildman–Crippen MR) is 43.3 cm³/mol. The third kappa shape index (κ3) is 1.80. The summed E-state index contributed by atoms with van der Waals surface area (Å²) in [6, 6.07) is 2.04. The third-order valence-corrected chi connectivity index (χ3v) is 1.88. The van der Waals surface area contributed by atoms with Crippen LogP contribution in [0.5, 0.6) is 0 Å². The summed E-state index contributed by atoms with van der Waals surface area (Å²) in [7, 11) is 0. The van der Waals surface area contributed by atoms with E-state index in [1.165, 1.54) is 0 Å². The highest BCUT2D eigenvalue weighted by atomic mass is 16.5. The first-order valence-electron chi connectivity index (χ1n) is 3.80. The number of hydrogen-bond donors (Lipinski definition) is 1. The van der Waals surface area contributed by atoms with Crippen molar-refractivity contribution in [3.8, 4) is 0 Å². The van der Waals surface area contributed by atoms with E-state index in [1.54, 1.807) is 0 Å². The van der Waals surface area contributed by atoms with Crippen molar-refractivity contribution in [2.24, 2.45) is 5.73 Å². The number of nitrogens with zero attached hydrogens (tertiary/aromatic N) is 1. The Balaban J connectivity index is 2.76. The molecule has 0 spiro atoms. The van der Waals surface area contributed by atoms with Crippen molar-refractivity contribution in [3.05, 3.63) is 17.5 Å². The molecule has 0 fully saturated rings. The largest absolute Gasteiger partial charge is 0.361 e. The topological polar surface area (TPSA) is 52.0 Å². The molecule has 2 atom stereocenters. The highest BCUT2D eigenvalue weighted by Gasteiger charge is 2.14. The first-order chi connectivity index (χ1) is 5.11. The molecular weight excluding hydrogens is 140 g/mol. The van der Waals surface area contributed by atoms with E-state index in [1.807, 2.05) is 26.8 Å². The lowest BCUT2D eigenvalue weighted by molar-refractivity contribution is 0.350. The van der Waals surface area contributed by atoms with Crippen molar-refractivity contribution >= 4 is 0 Å². The molecule has 3 nitrogen and oxygen atoms in total. The molecule has 1 aromatic heterocycles. The third-order valence-electron chi connectivity index (χ3n) is 1.88. The quantitative estimate of drug-likeness (QED) is 0.701. The maximum Gasteiger partial charge on any atom is 0.141 e. The van der Waals surface area contributed by atoms with Gasteiger partial charge in [-0.1, -0.05) is 12.1 Å². The summed E-state index contributed by atoms with van der Waals surface area (Å²) in [5, 5.41) is 3.79. The molecule has 0 aromatic carbocycles. The number of aromatic nitrogens is 1. The average Bonchev–Trinajstić information content (AvgIpc) is 2.34. The van der Waals surface area contributed by atoms with Gasteiger partial charge in [0.2, 0.25) is 0 Å². The Labute approximate surface area is 66.6 Å². The SMILES string of the molecule is Cc1cc(C(C)C(C)N)on1. The molecule has 1 aromatic rings. The fourth-order valence-corrected chi connectivity index (χ4v) is 0.857. The maximum atomic E-state index is 5.69. The monoisotopic (exact) mass is 154 g/mol. The maximum absolute atomic E-state index is 5.69. The molecule has 2 unspecified atom stereocenters. The summed E-state index contributed by atoms with van der Waals surface area (Å²) >= 11 is 0. The second kappa shape index (κ2) is 3.05. The minimum Gasteiger partial charge on any atom is -0.361 e. The Kier molecular flexibility index (Phi) is 2.29. The molecule has 0 amide bonds. The van der Waals surface area contributed by atoms with Crippen LogP contribution in [0.4, 0.5) is 0 Å². The van der Waals surface area contributed by atoms with E-state index in [9.17, 15) is 0 Å². The van der Waals surface area contributed by atoms with E-state index in [4.69, 9.17) is 10.3 Å². The summed E-state index contributed by atoms with van der Waals surface area (Å²) < 4.78 is 5.06. The molecular formula is C8H14N2O. The predicted octanol–water partition coefficient (Wildman–Crippen LogP) is 1.43. The molecule has 0 aliphatic heterocycles. The summed E-state index contributed by atoms with van der Waals surface area (Å²) in [6.07, 6.45) is 0. The van der Waals surface area contributed by atoms with Crippen LogP contribution in [0.15, 0.2) is 10.6 Å². The zero-order valence-corrected chi connectivity index (χ0v) is 7.16. The lowest BCUT2D eigenvalue weighted by Gasteiger charge is -2.10. The number of aryl methyl sites for hydroxylation is 1. The van der Waals surface area contributed by atoms with Crippen LogP contribution in [0.3, 0.4) is 0 Å². The molecule has 1 rings (SSSR count). The van der Waals surface area contributed by atoms with Crippen molar-refractivity contribution in [1.82, 2.24) is 5.16 Å². The second-order valence-electron chi connectivity index (χ2n) is 3.02. The van der Waals surface area contributed by atoms with Gasteiger partial charge in [0, 0.05) is 18.0 Å². The van der Waals surface area contributed by atoms with E-state index in [2.05, 4.69) is 5.16 Å². The summed E-state index contributed by atoms with van der Waals surface area (Å²) in [6.45, 7) is 5.90. The van der Waals surface area contributed by atoms with Crippen molar-refractivity contribution < 1.29 is 4.52 Å². The Morgan fingerprint density at radius 3 is 2.55 bits per heavy atom. The zero-order valence-electron chi connectivity index (χ0n) is 7.16. The van der Waals surface area contributed by atoms with Crippen LogP contribution >= 0.6 is 0 Å². The highest BCUT2D eigenvalue weighted by Crippen LogP contribution is 2.17. The molecule has 3 heteroatoms. The van der Waals surface area contributed by atoms with Gasteiger partial charge in [0.25, 0.3) is 0 Å². The van der Waals surface area contributed by atoms with Crippen molar-refractivity contribution in [2.45, 2.75) is 32.7 Å². The first-order valence-corrected chi connectivity index (χ1v) is 3.80. The van der Waals surface area contributed by atoms with Gasteiger partial charge in [-0.25, -0.2) is 0 Å². The van der Waals surface area contributed by atoms with E-state index in [0.29, 0.717) is 0 Å². The van der Waals surface area contributed by atoms with Gasteiger partial charge in [-0.2, -0.15) is 0 Å². The number of rotatable bonds is 2. The summed E-state index contributed by atoms with van der Waals surface area (Å²) in [4.78, 5) is 0. The van der Waals surface area contributed by atoms with Gasteiger partial charge in [0.1, 0.15) is 5.76 Å². The van der Waals surface area contributed by atoms with Gasteiger partial charge in [-0.3, -0.25) is 0 Å². The molecule has 0 radical (unpaired) electrons. The van der Waals surface area contributed by atoms with Crippen LogP contribution in [0.25, 0.3) is 0 Å². The van der Waals surface area contributed by atoms with Crippen LogP contribution in [0, 0.1) is 6.92 Å². The van der Waals surface area contributed by atoms with Crippen molar-refractivity contribution in [1.29, 1.82) is 0 Å². The molecule has 1 heterocycles. The zero-order chi connectivity index (χ0) is 8.43. The average molecular weight is 154 g/mol. The molecule has 0 aliphatic rings. The smallest absolute Gasteiger partial charge is 0.141 e.